The first-order chi connectivity index (χ1) is 12.6. The quantitative estimate of drug-likeness (QED) is 0.590. The van der Waals surface area contributed by atoms with E-state index in [1.807, 2.05) is 51.2 Å². The maximum atomic E-state index is 5.47. The molecule has 6 heteroatoms. The van der Waals surface area contributed by atoms with Crippen molar-refractivity contribution in [3.63, 3.8) is 0 Å². The van der Waals surface area contributed by atoms with Crippen LogP contribution in [0.5, 0.6) is 11.5 Å². The summed E-state index contributed by atoms with van der Waals surface area (Å²) in [6, 6.07) is 7.92. The van der Waals surface area contributed by atoms with Crippen molar-refractivity contribution < 1.29 is 9.47 Å². The number of rotatable bonds is 7. The zero-order chi connectivity index (χ0) is 18.9. The molecule has 0 aliphatic rings. The Morgan fingerprint density at radius 3 is 2.42 bits per heavy atom. The average Bonchev–Trinajstić information content (AvgIpc) is 2.66. The number of benzene rings is 1. The van der Waals surface area contributed by atoms with Crippen molar-refractivity contribution >= 4 is 5.96 Å². The van der Waals surface area contributed by atoms with Crippen LogP contribution in [0.3, 0.4) is 0 Å². The van der Waals surface area contributed by atoms with Crippen molar-refractivity contribution in [1.29, 1.82) is 0 Å². The van der Waals surface area contributed by atoms with Gasteiger partial charge >= 0.3 is 0 Å². The summed E-state index contributed by atoms with van der Waals surface area (Å²) in [5, 5.41) is 6.60. The molecule has 0 aliphatic heterocycles. The monoisotopic (exact) mass is 356 g/mol. The maximum absolute atomic E-state index is 5.47. The van der Waals surface area contributed by atoms with Gasteiger partial charge in [-0.2, -0.15) is 0 Å². The first-order valence-corrected chi connectivity index (χ1v) is 8.73. The molecule has 0 fully saturated rings. The van der Waals surface area contributed by atoms with Gasteiger partial charge in [0, 0.05) is 23.9 Å². The molecule has 0 saturated heterocycles. The summed E-state index contributed by atoms with van der Waals surface area (Å²) in [5.74, 6) is 2.48. The number of guanidine groups is 1. The van der Waals surface area contributed by atoms with E-state index in [0.717, 1.165) is 46.4 Å². The van der Waals surface area contributed by atoms with Crippen LogP contribution in [0.15, 0.2) is 35.5 Å². The number of methoxy groups -OCH3 is 2. The van der Waals surface area contributed by atoms with E-state index in [4.69, 9.17) is 9.47 Å². The number of ether oxygens (including phenoxy) is 2. The zero-order valence-electron chi connectivity index (χ0n) is 16.2. The van der Waals surface area contributed by atoms with E-state index in [1.54, 1.807) is 14.2 Å². The lowest BCUT2D eigenvalue weighted by molar-refractivity contribution is 0.406. The van der Waals surface area contributed by atoms with E-state index < -0.39 is 0 Å². The fourth-order valence-corrected chi connectivity index (χ4v) is 2.66. The summed E-state index contributed by atoms with van der Waals surface area (Å²) in [4.78, 5) is 9.16. The van der Waals surface area contributed by atoms with E-state index in [0.29, 0.717) is 13.1 Å². The summed E-state index contributed by atoms with van der Waals surface area (Å²) in [6.45, 7) is 8.02. The Bertz CT molecular complexity index is 742. The number of hydrogen-bond acceptors (Lipinski definition) is 4. The third-order valence-electron chi connectivity index (χ3n) is 4.10. The van der Waals surface area contributed by atoms with Gasteiger partial charge < -0.3 is 20.1 Å². The highest BCUT2D eigenvalue weighted by Gasteiger charge is 2.10. The van der Waals surface area contributed by atoms with Crippen LogP contribution in [0.4, 0.5) is 0 Å². The summed E-state index contributed by atoms with van der Waals surface area (Å²) in [5.41, 5.74) is 4.15. The molecular formula is C20H28N4O2. The van der Waals surface area contributed by atoms with Crippen molar-refractivity contribution in [1.82, 2.24) is 15.6 Å². The average molecular weight is 356 g/mol. The Morgan fingerprint density at radius 1 is 1.08 bits per heavy atom. The number of aliphatic imine (C=N–C) groups is 1. The number of pyridine rings is 1. The standard InChI is InChI=1S/C20H28N4O2/c1-6-21-20(23-12-16-7-9-17(25-4)10-8-16)24-13-18-15(3)19(26-5)14(2)11-22-18/h7-11H,6,12-13H2,1-5H3,(H2,21,23,24). The second kappa shape index (κ2) is 9.65. The molecule has 6 nitrogen and oxygen atoms in total. The van der Waals surface area contributed by atoms with E-state index in [1.165, 1.54) is 0 Å². The molecule has 0 radical (unpaired) electrons. The molecule has 2 N–H and O–H groups in total. The lowest BCUT2D eigenvalue weighted by Gasteiger charge is -2.15. The molecule has 2 aromatic rings. The van der Waals surface area contributed by atoms with Crippen LogP contribution < -0.4 is 20.1 Å². The predicted octanol–water partition coefficient (Wildman–Crippen LogP) is 2.97. The molecule has 140 valence electrons. The molecule has 0 amide bonds. The Labute approximate surface area is 155 Å². The maximum Gasteiger partial charge on any atom is 0.191 e. The first kappa shape index (κ1) is 19.6. The Balaban J connectivity index is 2.05. The van der Waals surface area contributed by atoms with Gasteiger partial charge in [-0.05, 0) is 38.5 Å². The molecule has 0 spiro atoms. The summed E-state index contributed by atoms with van der Waals surface area (Å²) < 4.78 is 10.7. The van der Waals surface area contributed by atoms with Gasteiger partial charge in [-0.25, -0.2) is 4.99 Å². The highest BCUT2D eigenvalue weighted by Crippen LogP contribution is 2.23. The topological polar surface area (TPSA) is 67.8 Å². The zero-order valence-corrected chi connectivity index (χ0v) is 16.2. The minimum Gasteiger partial charge on any atom is -0.497 e. The van der Waals surface area contributed by atoms with Gasteiger partial charge in [-0.15, -0.1) is 0 Å². The van der Waals surface area contributed by atoms with Crippen LogP contribution in [0.25, 0.3) is 0 Å². The van der Waals surface area contributed by atoms with Gasteiger partial charge in [0.1, 0.15) is 11.5 Å². The Hall–Kier alpha value is -2.76. The molecule has 0 atom stereocenters. The Morgan fingerprint density at radius 2 is 1.81 bits per heavy atom. The van der Waals surface area contributed by atoms with Crippen LogP contribution in [0.2, 0.25) is 0 Å². The van der Waals surface area contributed by atoms with Crippen LogP contribution in [-0.4, -0.2) is 31.7 Å². The lowest BCUT2D eigenvalue weighted by atomic mass is 10.1. The smallest absolute Gasteiger partial charge is 0.191 e. The predicted molar refractivity (Wildman–Crippen MR) is 105 cm³/mol. The fourth-order valence-electron chi connectivity index (χ4n) is 2.66. The van der Waals surface area contributed by atoms with Crippen LogP contribution in [-0.2, 0) is 13.1 Å². The molecule has 0 saturated carbocycles. The minimum atomic E-state index is 0.580. The summed E-state index contributed by atoms with van der Waals surface area (Å²) >= 11 is 0. The van der Waals surface area contributed by atoms with Gasteiger partial charge in [-0.1, -0.05) is 12.1 Å². The molecule has 2 rings (SSSR count). The highest BCUT2D eigenvalue weighted by atomic mass is 16.5. The number of nitrogens with one attached hydrogen (secondary N) is 2. The van der Waals surface area contributed by atoms with E-state index in [-0.39, 0.29) is 0 Å². The largest absolute Gasteiger partial charge is 0.497 e. The number of aromatic nitrogens is 1. The summed E-state index contributed by atoms with van der Waals surface area (Å²) in [6.07, 6.45) is 1.84. The highest BCUT2D eigenvalue weighted by molar-refractivity contribution is 5.79. The number of nitrogens with zero attached hydrogens (tertiary/aromatic N) is 2. The van der Waals surface area contributed by atoms with Crippen molar-refractivity contribution in [3.8, 4) is 11.5 Å². The van der Waals surface area contributed by atoms with E-state index >= 15 is 0 Å². The Kier molecular flexibility index (Phi) is 7.26. The number of hydrogen-bond donors (Lipinski definition) is 2. The molecule has 1 aromatic carbocycles. The van der Waals surface area contributed by atoms with Crippen molar-refractivity contribution in [2.24, 2.45) is 4.99 Å². The third kappa shape index (κ3) is 5.12. The van der Waals surface area contributed by atoms with Gasteiger partial charge in [0.25, 0.3) is 0 Å². The second-order valence-electron chi connectivity index (χ2n) is 5.94. The van der Waals surface area contributed by atoms with Gasteiger partial charge in [0.05, 0.1) is 33.0 Å². The molecule has 0 unspecified atom stereocenters. The number of aryl methyl sites for hydroxylation is 1. The molecule has 1 heterocycles. The summed E-state index contributed by atoms with van der Waals surface area (Å²) in [7, 11) is 3.35. The molecule has 1 aromatic heterocycles. The third-order valence-corrected chi connectivity index (χ3v) is 4.10. The van der Waals surface area contributed by atoms with Crippen molar-refractivity contribution in [2.45, 2.75) is 33.9 Å². The first-order valence-electron chi connectivity index (χ1n) is 8.73. The van der Waals surface area contributed by atoms with Crippen LogP contribution >= 0.6 is 0 Å². The lowest BCUT2D eigenvalue weighted by Crippen LogP contribution is -2.37. The fraction of sp³-hybridized carbons (Fsp3) is 0.400. The van der Waals surface area contributed by atoms with Gasteiger partial charge in [0.15, 0.2) is 5.96 Å². The van der Waals surface area contributed by atoms with Gasteiger partial charge in [0.2, 0.25) is 0 Å². The van der Waals surface area contributed by atoms with Gasteiger partial charge in [-0.3, -0.25) is 4.98 Å². The minimum absolute atomic E-state index is 0.580. The van der Waals surface area contributed by atoms with Crippen LogP contribution in [0, 0.1) is 13.8 Å². The van der Waals surface area contributed by atoms with E-state index in [9.17, 15) is 0 Å². The van der Waals surface area contributed by atoms with Crippen molar-refractivity contribution in [3.05, 3.63) is 52.8 Å². The molecule has 0 bridgehead atoms. The second-order valence-corrected chi connectivity index (χ2v) is 5.94. The van der Waals surface area contributed by atoms with Crippen LogP contribution in [0.1, 0.15) is 29.3 Å². The molecule has 26 heavy (non-hydrogen) atoms. The normalized spacial score (nSPS) is 11.2. The van der Waals surface area contributed by atoms with Crippen molar-refractivity contribution in [2.75, 3.05) is 20.8 Å². The molecular weight excluding hydrogens is 328 g/mol. The molecule has 0 aliphatic carbocycles. The van der Waals surface area contributed by atoms with E-state index in [2.05, 4.69) is 20.6 Å². The SMILES string of the molecule is CCNC(=NCc1ccc(OC)cc1)NCc1ncc(C)c(OC)c1C.